The van der Waals surface area contributed by atoms with Crippen molar-refractivity contribution in [2.75, 3.05) is 0 Å². The zero-order valence-corrected chi connectivity index (χ0v) is 12.9. The standard InChI is InChI=1S/C14H21F3N2O4/c1-3-8(4-2)23-10-6-7(12(20)21)5-9(18)11(10)19-13(22)14(15,16)17/h6,8-11H,3-5,18H2,1-2H3,(H,19,22)(H,20,21)/t9-,10+,11?/m0/s1. The van der Waals surface area contributed by atoms with Gasteiger partial charge in [-0.25, -0.2) is 4.79 Å². The summed E-state index contributed by atoms with van der Waals surface area (Å²) in [6, 6.07) is -2.13. The number of alkyl halides is 3. The molecule has 0 saturated carbocycles. The number of carbonyl (C=O) groups excluding carboxylic acids is 1. The van der Waals surface area contributed by atoms with Crippen molar-refractivity contribution < 1.29 is 32.6 Å². The van der Waals surface area contributed by atoms with E-state index >= 15 is 0 Å². The third kappa shape index (κ3) is 5.21. The fourth-order valence-electron chi connectivity index (χ4n) is 2.40. The van der Waals surface area contributed by atoms with E-state index in [2.05, 4.69) is 0 Å². The predicted molar refractivity (Wildman–Crippen MR) is 75.5 cm³/mol. The molecule has 3 atom stereocenters. The predicted octanol–water partition coefficient (Wildman–Crippen LogP) is 1.35. The Hall–Kier alpha value is -1.61. The molecule has 0 saturated heterocycles. The van der Waals surface area contributed by atoms with Gasteiger partial charge in [0.15, 0.2) is 0 Å². The van der Waals surface area contributed by atoms with Crippen LogP contribution in [-0.4, -0.2) is 47.5 Å². The molecular formula is C14H21F3N2O4. The molecule has 0 aromatic carbocycles. The maximum Gasteiger partial charge on any atom is 0.471 e. The number of hydrogen-bond donors (Lipinski definition) is 3. The zero-order chi connectivity index (χ0) is 17.8. The van der Waals surface area contributed by atoms with Crippen LogP contribution in [0, 0.1) is 0 Å². The Balaban J connectivity index is 3.03. The summed E-state index contributed by atoms with van der Waals surface area (Å²) in [5, 5.41) is 10.9. The molecule has 9 heteroatoms. The molecule has 23 heavy (non-hydrogen) atoms. The van der Waals surface area contributed by atoms with Crippen LogP contribution >= 0.6 is 0 Å². The molecular weight excluding hydrogens is 317 g/mol. The van der Waals surface area contributed by atoms with Crippen LogP contribution in [-0.2, 0) is 14.3 Å². The van der Waals surface area contributed by atoms with Crippen LogP contribution in [0.1, 0.15) is 33.1 Å². The first kappa shape index (κ1) is 19.4. The molecule has 1 aliphatic rings. The SMILES string of the molecule is CCC(CC)O[C@@H]1C=C(C(=O)O)C[C@H](N)C1NC(=O)C(F)(F)F. The van der Waals surface area contributed by atoms with E-state index in [1.165, 1.54) is 6.08 Å². The highest BCUT2D eigenvalue weighted by molar-refractivity contribution is 5.87. The molecule has 0 bridgehead atoms. The van der Waals surface area contributed by atoms with Gasteiger partial charge < -0.3 is 20.9 Å². The highest BCUT2D eigenvalue weighted by Gasteiger charge is 2.43. The molecule has 1 aliphatic carbocycles. The quantitative estimate of drug-likeness (QED) is 0.678. The summed E-state index contributed by atoms with van der Waals surface area (Å²) in [5.41, 5.74) is 5.75. The second-order valence-electron chi connectivity index (χ2n) is 5.40. The minimum absolute atomic E-state index is 0.0361. The second-order valence-corrected chi connectivity index (χ2v) is 5.40. The maximum absolute atomic E-state index is 12.5. The van der Waals surface area contributed by atoms with Crippen LogP contribution in [0.2, 0.25) is 0 Å². The topological polar surface area (TPSA) is 102 Å². The Kier molecular flexibility index (Phi) is 6.57. The highest BCUT2D eigenvalue weighted by atomic mass is 19.4. The van der Waals surface area contributed by atoms with Crippen LogP contribution in [0.5, 0.6) is 0 Å². The van der Waals surface area contributed by atoms with Crippen molar-refractivity contribution in [1.29, 1.82) is 0 Å². The minimum atomic E-state index is -5.05. The maximum atomic E-state index is 12.5. The van der Waals surface area contributed by atoms with Gasteiger partial charge in [0.25, 0.3) is 0 Å². The van der Waals surface area contributed by atoms with Crippen molar-refractivity contribution in [2.24, 2.45) is 5.73 Å². The van der Waals surface area contributed by atoms with Gasteiger partial charge in [0.05, 0.1) is 18.2 Å². The van der Waals surface area contributed by atoms with Gasteiger partial charge in [-0.3, -0.25) is 4.79 Å². The normalized spacial score (nSPS) is 25.2. The number of nitrogens with two attached hydrogens (primary N) is 1. The number of carboxylic acid groups (broad SMARTS) is 1. The van der Waals surface area contributed by atoms with E-state index in [1.807, 2.05) is 19.2 Å². The lowest BCUT2D eigenvalue weighted by Crippen LogP contribution is -2.59. The number of halogens is 3. The van der Waals surface area contributed by atoms with Crippen LogP contribution in [0.25, 0.3) is 0 Å². The van der Waals surface area contributed by atoms with Gasteiger partial charge in [0.2, 0.25) is 0 Å². The molecule has 0 heterocycles. The number of rotatable bonds is 6. The van der Waals surface area contributed by atoms with Gasteiger partial charge in [-0.15, -0.1) is 0 Å². The summed E-state index contributed by atoms with van der Waals surface area (Å²) in [7, 11) is 0. The molecule has 0 aliphatic heterocycles. The molecule has 132 valence electrons. The Labute approximate surface area is 131 Å². The molecule has 1 amide bonds. The number of nitrogens with one attached hydrogen (secondary N) is 1. The fourth-order valence-corrected chi connectivity index (χ4v) is 2.40. The Morgan fingerprint density at radius 2 is 2.00 bits per heavy atom. The Morgan fingerprint density at radius 1 is 1.43 bits per heavy atom. The molecule has 4 N–H and O–H groups in total. The summed E-state index contributed by atoms with van der Waals surface area (Å²) in [5.74, 6) is -3.33. The van der Waals surface area contributed by atoms with E-state index in [-0.39, 0.29) is 18.1 Å². The largest absolute Gasteiger partial charge is 0.478 e. The molecule has 0 aromatic heterocycles. The average Bonchev–Trinajstić information content (AvgIpc) is 2.45. The Morgan fingerprint density at radius 3 is 2.43 bits per heavy atom. The number of ether oxygens (including phenoxy) is 1. The van der Waals surface area contributed by atoms with E-state index in [4.69, 9.17) is 15.6 Å². The molecule has 0 aromatic rings. The number of aliphatic carboxylic acids is 1. The summed E-state index contributed by atoms with van der Waals surface area (Å²) in [4.78, 5) is 22.3. The number of amides is 1. The Bertz CT molecular complexity index is 475. The first-order valence-electron chi connectivity index (χ1n) is 7.32. The summed E-state index contributed by atoms with van der Waals surface area (Å²) >= 11 is 0. The van der Waals surface area contributed by atoms with Crippen LogP contribution in [0.3, 0.4) is 0 Å². The van der Waals surface area contributed by atoms with Crippen molar-refractivity contribution in [2.45, 2.75) is 63.6 Å². The lowest BCUT2D eigenvalue weighted by molar-refractivity contribution is -0.175. The third-order valence-electron chi connectivity index (χ3n) is 3.73. The average molecular weight is 338 g/mol. The van der Waals surface area contributed by atoms with Gasteiger partial charge >= 0.3 is 18.1 Å². The van der Waals surface area contributed by atoms with Gasteiger partial charge in [0, 0.05) is 11.6 Å². The monoisotopic (exact) mass is 338 g/mol. The molecule has 0 fully saturated rings. The molecule has 1 rings (SSSR count). The second kappa shape index (κ2) is 7.78. The zero-order valence-electron chi connectivity index (χ0n) is 12.9. The van der Waals surface area contributed by atoms with Crippen molar-refractivity contribution in [1.82, 2.24) is 5.32 Å². The first-order chi connectivity index (χ1) is 10.6. The lowest BCUT2D eigenvalue weighted by Gasteiger charge is -2.36. The molecule has 0 radical (unpaired) electrons. The summed E-state index contributed by atoms with van der Waals surface area (Å²) < 4.78 is 43.0. The van der Waals surface area contributed by atoms with Gasteiger partial charge in [0.1, 0.15) is 0 Å². The van der Waals surface area contributed by atoms with E-state index in [1.54, 1.807) is 0 Å². The molecule has 0 spiro atoms. The van der Waals surface area contributed by atoms with Crippen LogP contribution in [0.15, 0.2) is 11.6 Å². The van der Waals surface area contributed by atoms with Gasteiger partial charge in [-0.1, -0.05) is 13.8 Å². The van der Waals surface area contributed by atoms with Crippen molar-refractivity contribution in [3.05, 3.63) is 11.6 Å². The van der Waals surface area contributed by atoms with Gasteiger partial charge in [-0.05, 0) is 25.3 Å². The van der Waals surface area contributed by atoms with Crippen LogP contribution in [0.4, 0.5) is 13.2 Å². The fraction of sp³-hybridized carbons (Fsp3) is 0.714. The minimum Gasteiger partial charge on any atom is -0.478 e. The number of carboxylic acids is 1. The third-order valence-corrected chi connectivity index (χ3v) is 3.73. The number of carbonyl (C=O) groups is 2. The molecule has 6 nitrogen and oxygen atoms in total. The van der Waals surface area contributed by atoms with Crippen LogP contribution < -0.4 is 11.1 Å². The van der Waals surface area contributed by atoms with Crippen molar-refractivity contribution in [3.63, 3.8) is 0 Å². The van der Waals surface area contributed by atoms with E-state index in [0.717, 1.165) is 0 Å². The first-order valence-corrected chi connectivity index (χ1v) is 7.32. The summed E-state index contributed by atoms with van der Waals surface area (Å²) in [6.07, 6.45) is -4.08. The molecule has 1 unspecified atom stereocenters. The van der Waals surface area contributed by atoms with Crippen molar-refractivity contribution >= 4 is 11.9 Å². The lowest BCUT2D eigenvalue weighted by atomic mass is 9.88. The summed E-state index contributed by atoms with van der Waals surface area (Å²) in [6.45, 7) is 3.67. The highest BCUT2D eigenvalue weighted by Crippen LogP contribution is 2.24. The van der Waals surface area contributed by atoms with Gasteiger partial charge in [-0.2, -0.15) is 13.2 Å². The smallest absolute Gasteiger partial charge is 0.471 e. The van der Waals surface area contributed by atoms with E-state index < -0.39 is 36.2 Å². The van der Waals surface area contributed by atoms with Crippen molar-refractivity contribution in [3.8, 4) is 0 Å². The van der Waals surface area contributed by atoms with E-state index in [9.17, 15) is 22.8 Å². The van der Waals surface area contributed by atoms with E-state index in [0.29, 0.717) is 12.8 Å². The number of hydrogen-bond acceptors (Lipinski definition) is 4.